The van der Waals surface area contributed by atoms with E-state index in [0.29, 0.717) is 17.3 Å². The second-order valence-electron chi connectivity index (χ2n) is 4.25. The predicted molar refractivity (Wildman–Crippen MR) is 82.4 cm³/mol. The fourth-order valence-corrected chi connectivity index (χ4v) is 2.43. The van der Waals surface area contributed by atoms with Gasteiger partial charge in [0.2, 0.25) is 0 Å². The molecule has 0 bridgehead atoms. The molecule has 2 rings (SSSR count). The quantitative estimate of drug-likeness (QED) is 0.866. The lowest BCUT2D eigenvalue weighted by Gasteiger charge is -2.10. The molecule has 1 aromatic heterocycles. The van der Waals surface area contributed by atoms with Crippen LogP contribution < -0.4 is 5.32 Å². The van der Waals surface area contributed by atoms with Gasteiger partial charge in [0.1, 0.15) is 5.69 Å². The van der Waals surface area contributed by atoms with Crippen molar-refractivity contribution in [3.8, 4) is 0 Å². The first-order chi connectivity index (χ1) is 9.47. The van der Waals surface area contributed by atoms with Gasteiger partial charge in [0.25, 0.3) is 0 Å². The Morgan fingerprint density at radius 1 is 1.45 bits per heavy atom. The molecule has 0 saturated carbocycles. The van der Waals surface area contributed by atoms with Crippen molar-refractivity contribution in [2.75, 3.05) is 5.32 Å². The molecule has 1 heterocycles. The maximum absolute atomic E-state index is 10.9. The molecule has 0 aliphatic heterocycles. The summed E-state index contributed by atoms with van der Waals surface area (Å²) in [4.78, 5) is 14.9. The third kappa shape index (κ3) is 3.49. The number of carbonyl (C=O) groups is 1. The van der Waals surface area contributed by atoms with Gasteiger partial charge in [-0.1, -0.05) is 17.7 Å². The highest BCUT2D eigenvalue weighted by atomic mass is 79.9. The van der Waals surface area contributed by atoms with Gasteiger partial charge in [0, 0.05) is 9.50 Å². The number of aromatic nitrogens is 1. The third-order valence-electron chi connectivity index (χ3n) is 2.73. The van der Waals surface area contributed by atoms with Crippen LogP contribution in [-0.2, 0) is 6.54 Å². The van der Waals surface area contributed by atoms with Gasteiger partial charge in [0.15, 0.2) is 0 Å². The summed E-state index contributed by atoms with van der Waals surface area (Å²) in [7, 11) is 0. The summed E-state index contributed by atoms with van der Waals surface area (Å²) in [5.41, 5.74) is 2.50. The molecule has 0 unspecified atom stereocenters. The predicted octanol–water partition coefficient (Wildman–Crippen LogP) is 4.12. The van der Waals surface area contributed by atoms with Gasteiger partial charge < -0.3 is 10.4 Å². The minimum absolute atomic E-state index is 0.0327. The van der Waals surface area contributed by atoms with Gasteiger partial charge in [-0.15, -0.1) is 0 Å². The largest absolute Gasteiger partial charge is 0.477 e. The second-order valence-corrected chi connectivity index (χ2v) is 5.52. The van der Waals surface area contributed by atoms with Crippen LogP contribution in [0.5, 0.6) is 0 Å². The summed E-state index contributed by atoms with van der Waals surface area (Å²) in [6.07, 6.45) is 0. The SMILES string of the molecule is Cc1cc(Br)c(NCc2cccc(C(=O)O)n2)cc1Cl. The molecule has 20 heavy (non-hydrogen) atoms. The van der Waals surface area contributed by atoms with Gasteiger partial charge in [-0.3, -0.25) is 0 Å². The number of halogens is 2. The normalized spacial score (nSPS) is 10.3. The Balaban J connectivity index is 2.15. The van der Waals surface area contributed by atoms with Crippen molar-refractivity contribution in [3.63, 3.8) is 0 Å². The fourth-order valence-electron chi connectivity index (χ4n) is 1.66. The zero-order valence-corrected chi connectivity index (χ0v) is 13.0. The van der Waals surface area contributed by atoms with Crippen LogP contribution in [0.15, 0.2) is 34.8 Å². The van der Waals surface area contributed by atoms with Gasteiger partial charge in [-0.05, 0) is 52.7 Å². The van der Waals surface area contributed by atoms with E-state index in [2.05, 4.69) is 26.2 Å². The van der Waals surface area contributed by atoms with E-state index < -0.39 is 5.97 Å². The highest BCUT2D eigenvalue weighted by molar-refractivity contribution is 9.10. The van der Waals surface area contributed by atoms with Crippen molar-refractivity contribution >= 4 is 39.2 Å². The highest BCUT2D eigenvalue weighted by Crippen LogP contribution is 2.29. The summed E-state index contributed by atoms with van der Waals surface area (Å²) >= 11 is 9.54. The van der Waals surface area contributed by atoms with Crippen molar-refractivity contribution in [2.45, 2.75) is 13.5 Å². The lowest BCUT2D eigenvalue weighted by atomic mass is 10.2. The number of carboxylic acid groups (broad SMARTS) is 1. The third-order valence-corrected chi connectivity index (χ3v) is 3.80. The second kappa shape index (κ2) is 6.24. The number of anilines is 1. The fraction of sp³-hybridized carbons (Fsp3) is 0.143. The van der Waals surface area contributed by atoms with E-state index in [0.717, 1.165) is 15.7 Å². The lowest BCUT2D eigenvalue weighted by molar-refractivity contribution is 0.0690. The van der Waals surface area contributed by atoms with Crippen LogP contribution in [0, 0.1) is 6.92 Å². The first kappa shape index (κ1) is 14.8. The number of pyridine rings is 1. The highest BCUT2D eigenvalue weighted by Gasteiger charge is 2.07. The summed E-state index contributed by atoms with van der Waals surface area (Å²) in [6.45, 7) is 2.34. The average Bonchev–Trinajstić information content (AvgIpc) is 2.41. The van der Waals surface area contributed by atoms with Crippen LogP contribution in [0.25, 0.3) is 0 Å². The molecule has 1 aromatic carbocycles. The molecular weight excluding hydrogens is 344 g/mol. The molecule has 0 atom stereocenters. The number of rotatable bonds is 4. The minimum atomic E-state index is -1.04. The topological polar surface area (TPSA) is 62.2 Å². The first-order valence-corrected chi connectivity index (χ1v) is 7.03. The molecule has 0 radical (unpaired) electrons. The van der Waals surface area contributed by atoms with Crippen molar-refractivity contribution in [2.24, 2.45) is 0 Å². The van der Waals surface area contributed by atoms with Crippen molar-refractivity contribution in [3.05, 3.63) is 56.8 Å². The Bertz CT molecular complexity index is 662. The molecule has 2 aromatic rings. The van der Waals surface area contributed by atoms with E-state index in [9.17, 15) is 4.79 Å². The first-order valence-electron chi connectivity index (χ1n) is 5.86. The molecule has 0 saturated heterocycles. The van der Waals surface area contributed by atoms with E-state index in [1.807, 2.05) is 19.1 Å². The van der Waals surface area contributed by atoms with Gasteiger partial charge in [0.05, 0.1) is 17.9 Å². The standard InChI is InChI=1S/C14H12BrClN2O2/c1-8-5-10(15)13(6-11(8)16)17-7-9-3-2-4-12(18-9)14(19)20/h2-6,17H,7H2,1H3,(H,19,20). The summed E-state index contributed by atoms with van der Waals surface area (Å²) < 4.78 is 0.897. The number of aromatic carboxylic acids is 1. The number of nitrogens with zero attached hydrogens (tertiary/aromatic N) is 1. The van der Waals surface area contributed by atoms with E-state index >= 15 is 0 Å². The zero-order chi connectivity index (χ0) is 14.7. The van der Waals surface area contributed by atoms with E-state index in [1.165, 1.54) is 6.07 Å². The maximum atomic E-state index is 10.9. The molecule has 0 fully saturated rings. The van der Waals surface area contributed by atoms with Gasteiger partial charge in [-0.25, -0.2) is 9.78 Å². The molecule has 0 aliphatic carbocycles. The Hall–Kier alpha value is -1.59. The van der Waals surface area contributed by atoms with Crippen LogP contribution >= 0.6 is 27.5 Å². The lowest BCUT2D eigenvalue weighted by Crippen LogP contribution is -2.06. The number of hydrogen-bond donors (Lipinski definition) is 2. The van der Waals surface area contributed by atoms with Crippen molar-refractivity contribution in [1.29, 1.82) is 0 Å². The molecule has 4 nitrogen and oxygen atoms in total. The number of hydrogen-bond acceptors (Lipinski definition) is 3. The average molecular weight is 356 g/mol. The number of nitrogens with one attached hydrogen (secondary N) is 1. The summed E-state index contributed by atoms with van der Waals surface area (Å²) in [6, 6.07) is 8.64. The van der Waals surface area contributed by atoms with Crippen molar-refractivity contribution < 1.29 is 9.90 Å². The number of benzene rings is 1. The van der Waals surface area contributed by atoms with Crippen LogP contribution in [0.2, 0.25) is 5.02 Å². The van der Waals surface area contributed by atoms with Crippen LogP contribution in [-0.4, -0.2) is 16.1 Å². The number of aryl methyl sites for hydroxylation is 1. The zero-order valence-electron chi connectivity index (χ0n) is 10.7. The Kier molecular flexibility index (Phi) is 4.62. The molecule has 2 N–H and O–H groups in total. The molecule has 0 aliphatic rings. The monoisotopic (exact) mass is 354 g/mol. The van der Waals surface area contributed by atoms with Gasteiger partial charge in [-0.2, -0.15) is 0 Å². The summed E-state index contributed by atoms with van der Waals surface area (Å²) in [5, 5.41) is 12.7. The molecule has 6 heteroatoms. The van der Waals surface area contributed by atoms with Crippen molar-refractivity contribution in [1.82, 2.24) is 4.98 Å². The number of carboxylic acids is 1. The smallest absolute Gasteiger partial charge is 0.354 e. The molecule has 0 amide bonds. The summed E-state index contributed by atoms with van der Waals surface area (Å²) in [5.74, 6) is -1.04. The van der Waals surface area contributed by atoms with Crippen LogP contribution in [0.4, 0.5) is 5.69 Å². The molecular formula is C14H12BrClN2O2. The molecule has 104 valence electrons. The van der Waals surface area contributed by atoms with E-state index in [4.69, 9.17) is 16.7 Å². The van der Waals surface area contributed by atoms with Crippen LogP contribution in [0.1, 0.15) is 21.7 Å². The van der Waals surface area contributed by atoms with E-state index in [-0.39, 0.29) is 5.69 Å². The Morgan fingerprint density at radius 2 is 2.20 bits per heavy atom. The van der Waals surface area contributed by atoms with E-state index in [1.54, 1.807) is 12.1 Å². The minimum Gasteiger partial charge on any atom is -0.477 e. The van der Waals surface area contributed by atoms with Crippen LogP contribution in [0.3, 0.4) is 0 Å². The maximum Gasteiger partial charge on any atom is 0.354 e. The molecule has 0 spiro atoms. The Labute approximate surface area is 129 Å². The Morgan fingerprint density at radius 3 is 2.90 bits per heavy atom. The van der Waals surface area contributed by atoms with Gasteiger partial charge >= 0.3 is 5.97 Å².